The van der Waals surface area contributed by atoms with E-state index in [-0.39, 0.29) is 24.0 Å². The van der Waals surface area contributed by atoms with E-state index in [0.717, 1.165) is 43.6 Å². The summed E-state index contributed by atoms with van der Waals surface area (Å²) >= 11 is 0. The number of guanidine groups is 1. The van der Waals surface area contributed by atoms with Crippen LogP contribution >= 0.6 is 24.0 Å². The number of hydrogen-bond acceptors (Lipinski definition) is 4. The summed E-state index contributed by atoms with van der Waals surface area (Å²) in [5, 5.41) is 6.83. The first-order valence-corrected chi connectivity index (χ1v) is 9.68. The molecule has 1 aliphatic rings. The van der Waals surface area contributed by atoms with Crippen LogP contribution in [-0.4, -0.2) is 46.9 Å². The highest BCUT2D eigenvalue weighted by atomic mass is 127. The highest BCUT2D eigenvalue weighted by molar-refractivity contribution is 14.0. The summed E-state index contributed by atoms with van der Waals surface area (Å²) in [6.07, 6.45) is 1.17. The summed E-state index contributed by atoms with van der Waals surface area (Å²) < 4.78 is 10.5. The number of anilines is 1. The average molecular weight is 510 g/mol. The van der Waals surface area contributed by atoms with Crippen molar-refractivity contribution in [2.75, 3.05) is 45.8 Å². The van der Waals surface area contributed by atoms with Gasteiger partial charge in [-0.15, -0.1) is 24.0 Å². The van der Waals surface area contributed by atoms with Crippen molar-refractivity contribution in [3.8, 4) is 11.5 Å². The Bertz CT molecular complexity index is 783. The molecule has 158 valence electrons. The third kappa shape index (κ3) is 6.69. The average Bonchev–Trinajstić information content (AvgIpc) is 3.23. The van der Waals surface area contributed by atoms with E-state index in [0.29, 0.717) is 5.92 Å². The molecule has 0 saturated carbocycles. The van der Waals surface area contributed by atoms with E-state index in [1.807, 2.05) is 24.3 Å². The first-order valence-electron chi connectivity index (χ1n) is 9.68. The van der Waals surface area contributed by atoms with Crippen LogP contribution in [0, 0.1) is 5.92 Å². The van der Waals surface area contributed by atoms with Gasteiger partial charge in [0.15, 0.2) is 5.96 Å². The Kier molecular flexibility index (Phi) is 9.37. The minimum Gasteiger partial charge on any atom is -0.497 e. The third-order valence-electron chi connectivity index (χ3n) is 5.11. The molecule has 6 nitrogen and oxygen atoms in total. The number of rotatable bonds is 7. The zero-order chi connectivity index (χ0) is 19.8. The van der Waals surface area contributed by atoms with Crippen LogP contribution in [0.25, 0.3) is 0 Å². The number of aliphatic imine (C=N–C) groups is 1. The minimum atomic E-state index is 0. The van der Waals surface area contributed by atoms with Crippen LogP contribution in [0.1, 0.15) is 12.0 Å². The number of ether oxygens (including phenoxy) is 2. The van der Waals surface area contributed by atoms with Gasteiger partial charge in [-0.2, -0.15) is 0 Å². The Morgan fingerprint density at radius 2 is 1.83 bits per heavy atom. The number of methoxy groups -OCH3 is 2. The van der Waals surface area contributed by atoms with Gasteiger partial charge in [0.25, 0.3) is 0 Å². The Balaban J connectivity index is 0.00000300. The molecule has 2 aromatic rings. The molecule has 7 heteroatoms. The lowest BCUT2D eigenvalue weighted by atomic mass is 10.1. The summed E-state index contributed by atoms with van der Waals surface area (Å²) in [5.74, 6) is 3.19. The number of nitrogens with zero attached hydrogens (tertiary/aromatic N) is 2. The van der Waals surface area contributed by atoms with Gasteiger partial charge in [0.2, 0.25) is 0 Å². The monoisotopic (exact) mass is 510 g/mol. The molecule has 0 aromatic heterocycles. The summed E-state index contributed by atoms with van der Waals surface area (Å²) in [5.41, 5.74) is 2.41. The van der Waals surface area contributed by atoms with E-state index in [9.17, 15) is 0 Å². The van der Waals surface area contributed by atoms with E-state index in [4.69, 9.17) is 9.47 Å². The molecular formula is C22H31IN4O2. The third-order valence-corrected chi connectivity index (χ3v) is 5.11. The fourth-order valence-corrected chi connectivity index (χ4v) is 3.43. The van der Waals surface area contributed by atoms with E-state index in [2.05, 4.69) is 44.8 Å². The quantitative estimate of drug-likeness (QED) is 0.339. The molecule has 2 aromatic carbocycles. The number of benzene rings is 2. The Morgan fingerprint density at radius 3 is 2.52 bits per heavy atom. The molecule has 0 spiro atoms. The normalized spacial score (nSPS) is 16.2. The van der Waals surface area contributed by atoms with Gasteiger partial charge in [-0.3, -0.25) is 4.99 Å². The highest BCUT2D eigenvalue weighted by Gasteiger charge is 2.23. The molecule has 0 aliphatic carbocycles. The van der Waals surface area contributed by atoms with Crippen LogP contribution in [0.2, 0.25) is 0 Å². The maximum absolute atomic E-state index is 5.34. The van der Waals surface area contributed by atoms with Crippen LogP contribution in [0.4, 0.5) is 5.69 Å². The smallest absolute Gasteiger partial charge is 0.191 e. The molecule has 1 atom stereocenters. The first kappa shape index (κ1) is 23.1. The van der Waals surface area contributed by atoms with Crippen molar-refractivity contribution in [1.29, 1.82) is 0 Å². The fourth-order valence-electron chi connectivity index (χ4n) is 3.43. The second kappa shape index (κ2) is 11.7. The van der Waals surface area contributed by atoms with Gasteiger partial charge in [-0.1, -0.05) is 18.2 Å². The molecule has 2 N–H and O–H groups in total. The second-order valence-electron chi connectivity index (χ2n) is 6.96. The van der Waals surface area contributed by atoms with Crippen molar-refractivity contribution in [2.24, 2.45) is 10.9 Å². The maximum atomic E-state index is 5.34. The SMILES string of the molecule is CN=C(NCc1ccc(OC)cc1)NCC1CCN(c2cccc(OC)c2)C1.I. The molecular weight excluding hydrogens is 479 g/mol. The van der Waals surface area contributed by atoms with Gasteiger partial charge in [-0.25, -0.2) is 0 Å². The van der Waals surface area contributed by atoms with E-state index >= 15 is 0 Å². The van der Waals surface area contributed by atoms with Crippen LogP contribution in [0.5, 0.6) is 11.5 Å². The molecule has 1 saturated heterocycles. The lowest BCUT2D eigenvalue weighted by molar-refractivity contribution is 0.414. The van der Waals surface area contributed by atoms with Gasteiger partial charge in [0, 0.05) is 45.0 Å². The Labute approximate surface area is 190 Å². The molecule has 0 radical (unpaired) electrons. The summed E-state index contributed by atoms with van der Waals surface area (Å²) in [6.45, 7) is 3.74. The Hall–Kier alpha value is -2.16. The molecule has 29 heavy (non-hydrogen) atoms. The molecule has 1 unspecified atom stereocenters. The summed E-state index contributed by atoms with van der Waals surface area (Å²) in [6, 6.07) is 16.3. The number of halogens is 1. The van der Waals surface area contributed by atoms with Crippen molar-refractivity contribution < 1.29 is 9.47 Å². The topological polar surface area (TPSA) is 58.1 Å². The van der Waals surface area contributed by atoms with Crippen LogP contribution in [0.3, 0.4) is 0 Å². The molecule has 0 amide bonds. The number of hydrogen-bond donors (Lipinski definition) is 2. The lowest BCUT2D eigenvalue weighted by Crippen LogP contribution is -2.39. The summed E-state index contributed by atoms with van der Waals surface area (Å²) in [7, 11) is 5.19. The number of nitrogens with one attached hydrogen (secondary N) is 2. The highest BCUT2D eigenvalue weighted by Crippen LogP contribution is 2.26. The predicted molar refractivity (Wildman–Crippen MR) is 130 cm³/mol. The Morgan fingerprint density at radius 1 is 1.07 bits per heavy atom. The van der Waals surface area contributed by atoms with Crippen LogP contribution in [-0.2, 0) is 6.54 Å². The van der Waals surface area contributed by atoms with Gasteiger partial charge >= 0.3 is 0 Å². The van der Waals surface area contributed by atoms with Crippen LogP contribution < -0.4 is 25.0 Å². The van der Waals surface area contributed by atoms with Gasteiger partial charge in [0.1, 0.15) is 11.5 Å². The largest absolute Gasteiger partial charge is 0.497 e. The van der Waals surface area contributed by atoms with Crippen molar-refractivity contribution in [2.45, 2.75) is 13.0 Å². The van der Waals surface area contributed by atoms with E-state index < -0.39 is 0 Å². The maximum Gasteiger partial charge on any atom is 0.191 e. The minimum absolute atomic E-state index is 0. The fraction of sp³-hybridized carbons (Fsp3) is 0.409. The van der Waals surface area contributed by atoms with Crippen LogP contribution in [0.15, 0.2) is 53.5 Å². The molecule has 0 bridgehead atoms. The lowest BCUT2D eigenvalue weighted by Gasteiger charge is -2.20. The van der Waals surface area contributed by atoms with Crippen molar-refractivity contribution in [3.05, 3.63) is 54.1 Å². The predicted octanol–water partition coefficient (Wildman–Crippen LogP) is 3.51. The zero-order valence-corrected chi connectivity index (χ0v) is 19.7. The van der Waals surface area contributed by atoms with E-state index in [1.54, 1.807) is 21.3 Å². The van der Waals surface area contributed by atoms with Gasteiger partial charge < -0.3 is 25.0 Å². The van der Waals surface area contributed by atoms with E-state index in [1.165, 1.54) is 17.7 Å². The van der Waals surface area contributed by atoms with Crippen molar-refractivity contribution >= 4 is 35.6 Å². The zero-order valence-electron chi connectivity index (χ0n) is 17.4. The molecule has 1 heterocycles. The van der Waals surface area contributed by atoms with Crippen molar-refractivity contribution in [1.82, 2.24) is 10.6 Å². The van der Waals surface area contributed by atoms with Gasteiger partial charge in [-0.05, 0) is 42.2 Å². The molecule has 1 aliphatic heterocycles. The standard InChI is InChI=1S/C22H30N4O2.HI/c1-23-22(24-14-17-7-9-20(27-2)10-8-17)25-15-18-11-12-26(16-18)19-5-4-6-21(13-19)28-3;/h4-10,13,18H,11-12,14-16H2,1-3H3,(H2,23,24,25);1H. The summed E-state index contributed by atoms with van der Waals surface area (Å²) in [4.78, 5) is 6.76. The molecule has 1 fully saturated rings. The molecule has 3 rings (SSSR count). The van der Waals surface area contributed by atoms with Crippen molar-refractivity contribution in [3.63, 3.8) is 0 Å². The second-order valence-corrected chi connectivity index (χ2v) is 6.96. The first-order chi connectivity index (χ1) is 13.7. The van der Waals surface area contributed by atoms with Gasteiger partial charge in [0.05, 0.1) is 14.2 Å².